The molecule has 0 aromatic heterocycles. The molecule has 0 unspecified atom stereocenters. The van der Waals surface area contributed by atoms with Crippen LogP contribution >= 0.6 is 0 Å². The second-order valence-electron chi connectivity index (χ2n) is 2.56. The van der Waals surface area contributed by atoms with Crippen LogP contribution in [0.4, 0.5) is 4.70 Å². The van der Waals surface area contributed by atoms with Crippen LogP contribution in [-0.2, 0) is 9.47 Å². The molecule has 1 aromatic rings. The van der Waals surface area contributed by atoms with Crippen molar-refractivity contribution in [3.05, 3.63) is 35.4 Å². The molecule has 1 aromatic carbocycles. The van der Waals surface area contributed by atoms with E-state index in [9.17, 15) is 9.59 Å². The molecule has 82 valence electrons. The van der Waals surface area contributed by atoms with E-state index in [4.69, 9.17) is 0 Å². The smallest absolute Gasteiger partial charge is 0.337 e. The van der Waals surface area contributed by atoms with Gasteiger partial charge in [0, 0.05) is 0 Å². The summed E-state index contributed by atoms with van der Waals surface area (Å²) in [4.78, 5) is 22.1. The summed E-state index contributed by atoms with van der Waals surface area (Å²) in [5.41, 5.74) is 0.806. The van der Waals surface area contributed by atoms with Crippen LogP contribution in [-0.4, -0.2) is 26.2 Å². The molecule has 0 aliphatic carbocycles. The first-order valence-electron chi connectivity index (χ1n) is 3.95. The van der Waals surface area contributed by atoms with Crippen LogP contribution in [0.1, 0.15) is 20.7 Å². The monoisotopic (exact) mass is 214 g/mol. The number of carbonyl (C=O) groups excluding carboxylic acids is 2. The van der Waals surface area contributed by atoms with Gasteiger partial charge < -0.3 is 9.47 Å². The van der Waals surface area contributed by atoms with Crippen LogP contribution in [0.2, 0.25) is 0 Å². The van der Waals surface area contributed by atoms with Gasteiger partial charge in [0.1, 0.15) is 0 Å². The van der Waals surface area contributed by atoms with Gasteiger partial charge in [-0.3, -0.25) is 4.70 Å². The maximum atomic E-state index is 11.0. The number of halogens is 1. The Morgan fingerprint density at radius 3 is 1.33 bits per heavy atom. The predicted octanol–water partition coefficient (Wildman–Crippen LogP) is 1.41. The highest BCUT2D eigenvalue weighted by atomic mass is 19.0. The predicted molar refractivity (Wildman–Crippen MR) is 51.6 cm³/mol. The summed E-state index contributed by atoms with van der Waals surface area (Å²) in [5.74, 6) is -0.858. The lowest BCUT2D eigenvalue weighted by molar-refractivity contribution is 0.0586. The van der Waals surface area contributed by atoms with Gasteiger partial charge >= 0.3 is 11.9 Å². The summed E-state index contributed by atoms with van der Waals surface area (Å²) >= 11 is 0. The minimum absolute atomic E-state index is 0. The average Bonchev–Trinajstić information content (AvgIpc) is 2.27. The average molecular weight is 214 g/mol. The van der Waals surface area contributed by atoms with Crippen LogP contribution in [0.5, 0.6) is 0 Å². The Morgan fingerprint density at radius 2 is 1.13 bits per heavy atom. The van der Waals surface area contributed by atoms with Crippen LogP contribution in [0.15, 0.2) is 24.3 Å². The molecule has 5 heteroatoms. The number of ether oxygens (including phenoxy) is 2. The van der Waals surface area contributed by atoms with E-state index in [0.717, 1.165) is 0 Å². The van der Waals surface area contributed by atoms with E-state index in [1.54, 1.807) is 0 Å². The first kappa shape index (κ1) is 13.1. The number of methoxy groups -OCH3 is 2. The highest BCUT2D eigenvalue weighted by Gasteiger charge is 2.08. The third kappa shape index (κ3) is 3.05. The summed E-state index contributed by atoms with van der Waals surface area (Å²) in [6, 6.07) is 6.05. The van der Waals surface area contributed by atoms with Crippen molar-refractivity contribution < 1.29 is 23.8 Å². The fourth-order valence-corrected chi connectivity index (χ4v) is 0.978. The van der Waals surface area contributed by atoms with Crippen LogP contribution in [0.25, 0.3) is 0 Å². The standard InChI is InChI=1S/C10H10O4.FH/c1-13-9(11)7-3-5-8(6-4-7)10(12)14-2;/h3-6H,1-2H3;1H. The fraction of sp³-hybridized carbons (Fsp3) is 0.200. The molecule has 0 amide bonds. The van der Waals surface area contributed by atoms with Crippen LogP contribution < -0.4 is 0 Å². The van der Waals surface area contributed by atoms with Crippen LogP contribution in [0.3, 0.4) is 0 Å². The SMILES string of the molecule is COC(=O)c1ccc(C(=O)OC)cc1.F. The molecule has 1 rings (SSSR count). The van der Waals surface area contributed by atoms with Crippen LogP contribution in [0, 0.1) is 0 Å². The first-order chi connectivity index (χ1) is 6.69. The summed E-state index contributed by atoms with van der Waals surface area (Å²) in [6.07, 6.45) is 0. The molecule has 0 atom stereocenters. The number of hydrogen-bond acceptors (Lipinski definition) is 4. The molecular formula is C10H11FO4. The summed E-state index contributed by atoms with van der Waals surface area (Å²) < 4.78 is 9.02. The Bertz CT molecular complexity index is 310. The minimum atomic E-state index is -0.429. The maximum absolute atomic E-state index is 11.0. The van der Waals surface area contributed by atoms with Crippen molar-refractivity contribution in [2.45, 2.75) is 0 Å². The molecular weight excluding hydrogens is 203 g/mol. The van der Waals surface area contributed by atoms with Gasteiger partial charge in [-0.1, -0.05) is 0 Å². The Hall–Kier alpha value is -1.91. The third-order valence-corrected chi connectivity index (χ3v) is 1.73. The second-order valence-corrected chi connectivity index (χ2v) is 2.56. The molecule has 15 heavy (non-hydrogen) atoms. The van der Waals surface area contributed by atoms with Gasteiger partial charge in [0.2, 0.25) is 0 Å². The van der Waals surface area contributed by atoms with E-state index in [0.29, 0.717) is 11.1 Å². The van der Waals surface area contributed by atoms with Gasteiger partial charge in [-0.25, -0.2) is 9.59 Å². The van der Waals surface area contributed by atoms with Crippen molar-refractivity contribution in [1.82, 2.24) is 0 Å². The Kier molecular flexibility index (Phi) is 5.01. The lowest BCUT2D eigenvalue weighted by Crippen LogP contribution is -2.04. The molecule has 0 fully saturated rings. The van der Waals surface area contributed by atoms with E-state index in [-0.39, 0.29) is 4.70 Å². The number of hydrogen-bond donors (Lipinski definition) is 0. The van der Waals surface area contributed by atoms with Crippen molar-refractivity contribution in [2.24, 2.45) is 0 Å². The van der Waals surface area contributed by atoms with Crippen molar-refractivity contribution in [1.29, 1.82) is 0 Å². The number of benzene rings is 1. The van der Waals surface area contributed by atoms with Gasteiger partial charge in [0.05, 0.1) is 25.3 Å². The van der Waals surface area contributed by atoms with Crippen molar-refractivity contribution in [3.63, 3.8) is 0 Å². The molecule has 0 spiro atoms. The largest absolute Gasteiger partial charge is 0.465 e. The summed E-state index contributed by atoms with van der Waals surface area (Å²) in [6.45, 7) is 0. The van der Waals surface area contributed by atoms with E-state index in [1.807, 2.05) is 0 Å². The second kappa shape index (κ2) is 5.74. The summed E-state index contributed by atoms with van der Waals surface area (Å²) in [7, 11) is 2.60. The third-order valence-electron chi connectivity index (χ3n) is 1.73. The maximum Gasteiger partial charge on any atom is 0.337 e. The van der Waals surface area contributed by atoms with Gasteiger partial charge in [-0.05, 0) is 24.3 Å². The Labute approximate surface area is 86.2 Å². The zero-order valence-electron chi connectivity index (χ0n) is 8.35. The highest BCUT2D eigenvalue weighted by Crippen LogP contribution is 2.06. The van der Waals surface area contributed by atoms with Crippen molar-refractivity contribution >= 4 is 11.9 Å². The molecule has 0 heterocycles. The van der Waals surface area contributed by atoms with Gasteiger partial charge in [-0.2, -0.15) is 0 Å². The molecule has 0 saturated heterocycles. The number of rotatable bonds is 2. The quantitative estimate of drug-likeness (QED) is 0.698. The van der Waals surface area contributed by atoms with Crippen molar-refractivity contribution in [2.75, 3.05) is 14.2 Å². The molecule has 0 aliphatic heterocycles. The normalized spacial score (nSPS) is 8.67. The fourth-order valence-electron chi connectivity index (χ4n) is 0.978. The van der Waals surface area contributed by atoms with E-state index < -0.39 is 11.9 Å². The Morgan fingerprint density at radius 1 is 0.867 bits per heavy atom. The number of carbonyl (C=O) groups is 2. The van der Waals surface area contributed by atoms with Gasteiger partial charge in [0.25, 0.3) is 0 Å². The topological polar surface area (TPSA) is 52.6 Å². The zero-order valence-corrected chi connectivity index (χ0v) is 8.35. The molecule has 0 radical (unpaired) electrons. The van der Waals surface area contributed by atoms with Gasteiger partial charge in [-0.15, -0.1) is 0 Å². The lowest BCUT2D eigenvalue weighted by Gasteiger charge is -2.00. The van der Waals surface area contributed by atoms with E-state index >= 15 is 0 Å². The molecule has 0 bridgehead atoms. The van der Waals surface area contributed by atoms with E-state index in [2.05, 4.69) is 9.47 Å². The molecule has 4 nitrogen and oxygen atoms in total. The Balaban J connectivity index is 0.00000196. The lowest BCUT2D eigenvalue weighted by atomic mass is 10.1. The zero-order chi connectivity index (χ0) is 10.6. The first-order valence-corrected chi connectivity index (χ1v) is 3.95. The molecule has 0 saturated carbocycles. The summed E-state index contributed by atoms with van der Waals surface area (Å²) in [5, 5.41) is 0. The highest BCUT2D eigenvalue weighted by molar-refractivity contribution is 5.93. The number of esters is 2. The van der Waals surface area contributed by atoms with Gasteiger partial charge in [0.15, 0.2) is 0 Å². The minimum Gasteiger partial charge on any atom is -0.465 e. The molecule has 0 aliphatic rings. The van der Waals surface area contributed by atoms with Crippen molar-refractivity contribution in [3.8, 4) is 0 Å². The molecule has 0 N–H and O–H groups in total. The van der Waals surface area contributed by atoms with E-state index in [1.165, 1.54) is 38.5 Å².